The lowest BCUT2D eigenvalue weighted by molar-refractivity contribution is -0.115. The Kier molecular flexibility index (Phi) is 11.0. The van der Waals surface area contributed by atoms with Gasteiger partial charge in [0.15, 0.2) is 11.4 Å². The Bertz CT molecular complexity index is 2110. The Morgan fingerprint density at radius 1 is 0.648 bits per heavy atom. The second-order valence-corrected chi connectivity index (χ2v) is 12.0. The van der Waals surface area contributed by atoms with Crippen LogP contribution >= 0.6 is 0 Å². The maximum atomic E-state index is 13.0. The first kappa shape index (κ1) is 36.4. The van der Waals surface area contributed by atoms with E-state index < -0.39 is 11.8 Å². The lowest BCUT2D eigenvalue weighted by Gasteiger charge is -2.11. The van der Waals surface area contributed by atoms with E-state index in [-0.39, 0.29) is 72.2 Å². The van der Waals surface area contributed by atoms with Crippen LogP contribution < -0.4 is 30.7 Å². The fourth-order valence-corrected chi connectivity index (χ4v) is 5.39. The van der Waals surface area contributed by atoms with Gasteiger partial charge in [0.2, 0.25) is 11.8 Å². The average molecular weight is 731 g/mol. The Hall–Kier alpha value is -7.36. The molecule has 0 saturated carbocycles. The van der Waals surface area contributed by atoms with Gasteiger partial charge in [-0.05, 0) is 85.6 Å². The number of nitrogens with one attached hydrogen (secondary N) is 4. The lowest BCUT2D eigenvalue weighted by Crippen LogP contribution is -2.14. The molecule has 0 fully saturated rings. The number of hydrogen-bond acceptors (Lipinski definition) is 12. The summed E-state index contributed by atoms with van der Waals surface area (Å²) >= 11 is 0. The van der Waals surface area contributed by atoms with E-state index >= 15 is 0 Å². The van der Waals surface area contributed by atoms with Crippen molar-refractivity contribution < 1.29 is 38.9 Å². The van der Waals surface area contributed by atoms with Crippen LogP contribution in [0.5, 0.6) is 11.5 Å². The van der Waals surface area contributed by atoms with E-state index in [1.807, 2.05) is 0 Å². The minimum absolute atomic E-state index is 0.0567. The molecule has 0 radical (unpaired) electrons. The molecule has 4 aromatic carbocycles. The minimum atomic E-state index is -0.702. The minimum Gasteiger partial charge on any atom is -0.510 e. The van der Waals surface area contributed by atoms with Crippen LogP contribution in [-0.4, -0.2) is 47.1 Å². The topological polar surface area (TPSA) is 225 Å². The highest BCUT2D eigenvalue weighted by atomic mass is 16.5. The predicted octanol–water partition coefficient (Wildman–Crippen LogP) is 7.16. The van der Waals surface area contributed by atoms with Crippen molar-refractivity contribution in [2.75, 3.05) is 34.5 Å². The molecule has 4 aromatic rings. The molecule has 16 heteroatoms. The molecule has 0 saturated heterocycles. The molecule has 0 aliphatic carbocycles. The standard InChI is InChI=1S/C38H34N8O8/c1-21(47)35(37(51)39-25-11-13-27-23(17-25)19-33(49)41-27)45-43-29-7-3-5-9-31(29)53-15-16-54-32-10-6-4-8-30(32)44-46-36(22(2)48)38(52)40-26-12-14-28-24(18-26)20-34(50)42-28/h3-14,17-18,47-48H,15-16,19-20H2,1-2H3,(H,39,51)(H,40,52)(H,41,49)(H,42,50). The summed E-state index contributed by atoms with van der Waals surface area (Å²) in [6, 6.07) is 23.4. The summed E-state index contributed by atoms with van der Waals surface area (Å²) in [6.45, 7) is 2.74. The number of aliphatic hydroxyl groups is 2. The number of aliphatic hydroxyl groups excluding tert-OH is 2. The molecule has 0 bridgehead atoms. The largest absolute Gasteiger partial charge is 0.510 e. The lowest BCUT2D eigenvalue weighted by atomic mass is 10.1. The number of amides is 4. The van der Waals surface area contributed by atoms with Crippen LogP contribution in [0.15, 0.2) is 128 Å². The van der Waals surface area contributed by atoms with E-state index in [0.717, 1.165) is 11.1 Å². The van der Waals surface area contributed by atoms with Gasteiger partial charge >= 0.3 is 0 Å². The zero-order valence-corrected chi connectivity index (χ0v) is 29.0. The van der Waals surface area contributed by atoms with Crippen molar-refractivity contribution in [2.24, 2.45) is 20.5 Å². The maximum Gasteiger partial charge on any atom is 0.279 e. The molecule has 54 heavy (non-hydrogen) atoms. The van der Waals surface area contributed by atoms with E-state index in [1.165, 1.54) is 13.8 Å². The molecule has 2 heterocycles. The zero-order chi connectivity index (χ0) is 38.2. The number of allylic oxidation sites excluding steroid dienone is 2. The fraction of sp³-hybridized carbons (Fsp3) is 0.158. The molecular formula is C38H34N8O8. The summed E-state index contributed by atoms with van der Waals surface area (Å²) in [5, 5.41) is 47.5. The third-order valence-electron chi connectivity index (χ3n) is 7.94. The molecular weight excluding hydrogens is 696 g/mol. The summed E-state index contributed by atoms with van der Waals surface area (Å²) in [6.07, 6.45) is 0.398. The first-order valence-electron chi connectivity index (χ1n) is 16.6. The number of hydrogen-bond donors (Lipinski definition) is 6. The Morgan fingerprint density at radius 3 is 1.46 bits per heavy atom. The number of anilines is 4. The summed E-state index contributed by atoms with van der Waals surface area (Å²) in [5.41, 5.74) is 3.59. The van der Waals surface area contributed by atoms with Crippen molar-refractivity contribution in [3.8, 4) is 11.5 Å². The number of rotatable bonds is 13. The third-order valence-corrected chi connectivity index (χ3v) is 7.94. The molecule has 274 valence electrons. The Morgan fingerprint density at radius 2 is 1.06 bits per heavy atom. The zero-order valence-electron chi connectivity index (χ0n) is 29.0. The Balaban J connectivity index is 1.05. The molecule has 6 N–H and O–H groups in total. The number of para-hydroxylation sites is 2. The van der Waals surface area contributed by atoms with Gasteiger partial charge in [0.25, 0.3) is 11.8 Å². The van der Waals surface area contributed by atoms with E-state index in [9.17, 15) is 29.4 Å². The van der Waals surface area contributed by atoms with Gasteiger partial charge < -0.3 is 41.0 Å². The second kappa shape index (κ2) is 16.3. The normalized spacial score (nSPS) is 14.1. The van der Waals surface area contributed by atoms with E-state index in [0.29, 0.717) is 34.2 Å². The number of carbonyl (C=O) groups excluding carboxylic acids is 4. The number of azo groups is 2. The van der Waals surface area contributed by atoms with Gasteiger partial charge in [0, 0.05) is 22.7 Å². The van der Waals surface area contributed by atoms with Crippen molar-refractivity contribution in [2.45, 2.75) is 26.7 Å². The number of benzene rings is 4. The van der Waals surface area contributed by atoms with Crippen molar-refractivity contribution in [3.63, 3.8) is 0 Å². The number of nitrogens with zero attached hydrogens (tertiary/aromatic N) is 4. The smallest absolute Gasteiger partial charge is 0.279 e. The van der Waals surface area contributed by atoms with Crippen molar-refractivity contribution in [3.05, 3.63) is 119 Å². The van der Waals surface area contributed by atoms with Gasteiger partial charge in [-0.1, -0.05) is 24.3 Å². The van der Waals surface area contributed by atoms with Crippen LogP contribution in [0.3, 0.4) is 0 Å². The third kappa shape index (κ3) is 8.92. The van der Waals surface area contributed by atoms with Gasteiger partial charge in [0.1, 0.15) is 47.6 Å². The van der Waals surface area contributed by atoms with Gasteiger partial charge in [-0.2, -0.15) is 0 Å². The summed E-state index contributed by atoms with van der Waals surface area (Å²) in [5.74, 6) is -1.73. The molecule has 0 unspecified atom stereocenters. The predicted molar refractivity (Wildman–Crippen MR) is 198 cm³/mol. The molecule has 0 atom stereocenters. The number of fused-ring (bicyclic) bond motifs is 2. The van der Waals surface area contributed by atoms with Crippen LogP contribution in [0, 0.1) is 0 Å². The van der Waals surface area contributed by atoms with E-state index in [4.69, 9.17) is 9.47 Å². The first-order valence-corrected chi connectivity index (χ1v) is 16.6. The fourth-order valence-electron chi connectivity index (χ4n) is 5.39. The molecule has 16 nitrogen and oxygen atoms in total. The van der Waals surface area contributed by atoms with Crippen molar-refractivity contribution in [1.82, 2.24) is 0 Å². The second-order valence-electron chi connectivity index (χ2n) is 12.0. The van der Waals surface area contributed by atoms with E-state index in [1.54, 1.807) is 84.9 Å². The molecule has 0 aromatic heterocycles. The maximum absolute atomic E-state index is 13.0. The quantitative estimate of drug-likeness (QED) is 0.0357. The van der Waals surface area contributed by atoms with Crippen molar-refractivity contribution >= 4 is 57.8 Å². The molecule has 2 aliphatic rings. The Labute approximate surface area is 308 Å². The highest BCUT2D eigenvalue weighted by Gasteiger charge is 2.21. The van der Waals surface area contributed by atoms with Crippen molar-refractivity contribution in [1.29, 1.82) is 0 Å². The molecule has 0 spiro atoms. The first-order chi connectivity index (χ1) is 26.0. The average Bonchev–Trinajstić information content (AvgIpc) is 3.70. The van der Waals surface area contributed by atoms with Crippen LogP contribution in [0.25, 0.3) is 0 Å². The van der Waals surface area contributed by atoms with Gasteiger partial charge in [0.05, 0.1) is 12.8 Å². The van der Waals surface area contributed by atoms with Crippen LogP contribution in [-0.2, 0) is 32.0 Å². The highest BCUT2D eigenvalue weighted by Crippen LogP contribution is 2.31. The highest BCUT2D eigenvalue weighted by molar-refractivity contribution is 6.06. The SMILES string of the molecule is CC(O)=C(N=Nc1ccccc1OCCOc1ccccc1N=NC(C(=O)Nc1ccc2c(c1)CC(=O)N2)=C(C)O)C(=O)Nc1ccc2c(c1)CC(=O)N2. The monoisotopic (exact) mass is 730 g/mol. The van der Waals surface area contributed by atoms with Gasteiger partial charge in [-0.15, -0.1) is 20.5 Å². The van der Waals surface area contributed by atoms with Gasteiger partial charge in [-0.25, -0.2) is 0 Å². The van der Waals surface area contributed by atoms with Gasteiger partial charge in [-0.3, -0.25) is 19.2 Å². The molecule has 6 rings (SSSR count). The number of carbonyl (C=O) groups is 4. The van der Waals surface area contributed by atoms with E-state index in [2.05, 4.69) is 41.7 Å². The van der Waals surface area contributed by atoms with Crippen LogP contribution in [0.4, 0.5) is 34.1 Å². The summed E-state index contributed by atoms with van der Waals surface area (Å²) in [4.78, 5) is 49.3. The summed E-state index contributed by atoms with van der Waals surface area (Å²) < 4.78 is 11.8. The van der Waals surface area contributed by atoms with Crippen LogP contribution in [0.1, 0.15) is 25.0 Å². The summed E-state index contributed by atoms with van der Waals surface area (Å²) in [7, 11) is 0. The van der Waals surface area contributed by atoms with Crippen LogP contribution in [0.2, 0.25) is 0 Å². The molecule has 2 aliphatic heterocycles. The molecule has 4 amide bonds. The number of ether oxygens (including phenoxy) is 2.